The molecule has 1 saturated carbocycles. The predicted octanol–water partition coefficient (Wildman–Crippen LogP) is 3.27. The zero-order valence-electron chi connectivity index (χ0n) is 13.0. The Bertz CT molecular complexity index is 269. The van der Waals surface area contributed by atoms with Gasteiger partial charge in [0.05, 0.1) is 0 Å². The summed E-state index contributed by atoms with van der Waals surface area (Å²) in [5.41, 5.74) is 0.265. The van der Waals surface area contributed by atoms with Crippen LogP contribution in [-0.4, -0.2) is 35.6 Å². The lowest BCUT2D eigenvalue weighted by Crippen LogP contribution is -2.57. The van der Waals surface area contributed by atoms with Crippen molar-refractivity contribution in [3.8, 4) is 0 Å². The Balaban J connectivity index is 1.85. The third-order valence-corrected chi connectivity index (χ3v) is 5.12. The average molecular weight is 252 g/mol. The van der Waals surface area contributed by atoms with E-state index in [1.807, 2.05) is 0 Å². The molecule has 106 valence electrons. The number of likely N-dealkylation sites (tertiary alicyclic amines) is 1. The predicted molar refractivity (Wildman–Crippen MR) is 78.8 cm³/mol. The van der Waals surface area contributed by atoms with Crippen molar-refractivity contribution in [2.75, 3.05) is 13.1 Å². The van der Waals surface area contributed by atoms with Crippen LogP contribution >= 0.6 is 0 Å². The standard InChI is InChI=1S/C16H32N2/c1-12-7-6-10-18(13(12)2)15-9-8-14(15)11-17-16(3,4)5/h12-15,17H,6-11H2,1-5H3. The molecule has 4 atom stereocenters. The Kier molecular flexibility index (Phi) is 4.38. The van der Waals surface area contributed by atoms with Crippen LogP contribution in [0, 0.1) is 11.8 Å². The van der Waals surface area contributed by atoms with Crippen molar-refractivity contribution in [1.29, 1.82) is 0 Å². The molecule has 0 aromatic rings. The van der Waals surface area contributed by atoms with E-state index in [1.165, 1.54) is 38.8 Å². The van der Waals surface area contributed by atoms with Gasteiger partial charge in [0.15, 0.2) is 0 Å². The second-order valence-corrected chi connectivity index (χ2v) is 7.63. The molecule has 0 bridgehead atoms. The van der Waals surface area contributed by atoms with Gasteiger partial charge in [-0.25, -0.2) is 0 Å². The first-order valence-electron chi connectivity index (χ1n) is 7.89. The second-order valence-electron chi connectivity index (χ2n) is 7.63. The van der Waals surface area contributed by atoms with Gasteiger partial charge in [0.25, 0.3) is 0 Å². The smallest absolute Gasteiger partial charge is 0.0139 e. The minimum absolute atomic E-state index is 0.265. The summed E-state index contributed by atoms with van der Waals surface area (Å²) in [5, 5.41) is 3.69. The molecule has 18 heavy (non-hydrogen) atoms. The summed E-state index contributed by atoms with van der Waals surface area (Å²) in [7, 11) is 0. The number of nitrogens with zero attached hydrogens (tertiary/aromatic N) is 1. The number of nitrogens with one attached hydrogen (secondary N) is 1. The molecular formula is C16H32N2. The van der Waals surface area contributed by atoms with E-state index < -0.39 is 0 Å². The van der Waals surface area contributed by atoms with Gasteiger partial charge in [0.2, 0.25) is 0 Å². The highest BCUT2D eigenvalue weighted by Crippen LogP contribution is 2.37. The maximum atomic E-state index is 3.69. The van der Waals surface area contributed by atoms with Crippen molar-refractivity contribution in [1.82, 2.24) is 10.2 Å². The van der Waals surface area contributed by atoms with Crippen molar-refractivity contribution in [3.63, 3.8) is 0 Å². The van der Waals surface area contributed by atoms with Gasteiger partial charge >= 0.3 is 0 Å². The van der Waals surface area contributed by atoms with E-state index in [0.29, 0.717) is 0 Å². The minimum Gasteiger partial charge on any atom is -0.312 e. The molecule has 0 spiro atoms. The summed E-state index contributed by atoms with van der Waals surface area (Å²) in [6.07, 6.45) is 5.68. The molecule has 2 aliphatic rings. The summed E-state index contributed by atoms with van der Waals surface area (Å²) >= 11 is 0. The summed E-state index contributed by atoms with van der Waals surface area (Å²) in [5.74, 6) is 1.77. The van der Waals surface area contributed by atoms with Crippen molar-refractivity contribution >= 4 is 0 Å². The molecule has 1 aliphatic heterocycles. The Morgan fingerprint density at radius 2 is 1.83 bits per heavy atom. The van der Waals surface area contributed by atoms with Gasteiger partial charge in [0, 0.05) is 17.6 Å². The van der Waals surface area contributed by atoms with E-state index >= 15 is 0 Å². The zero-order valence-corrected chi connectivity index (χ0v) is 13.0. The van der Waals surface area contributed by atoms with Gasteiger partial charge in [-0.15, -0.1) is 0 Å². The number of hydrogen-bond acceptors (Lipinski definition) is 2. The highest BCUT2D eigenvalue weighted by atomic mass is 15.2. The van der Waals surface area contributed by atoms with Gasteiger partial charge in [0.1, 0.15) is 0 Å². The Morgan fingerprint density at radius 3 is 2.39 bits per heavy atom. The van der Waals surface area contributed by atoms with Gasteiger partial charge in [-0.2, -0.15) is 0 Å². The van der Waals surface area contributed by atoms with Crippen molar-refractivity contribution < 1.29 is 0 Å². The fourth-order valence-electron chi connectivity index (χ4n) is 3.50. The van der Waals surface area contributed by atoms with Crippen LogP contribution in [-0.2, 0) is 0 Å². The summed E-state index contributed by atoms with van der Waals surface area (Å²) in [6, 6.07) is 1.65. The maximum absolute atomic E-state index is 3.69. The van der Waals surface area contributed by atoms with Crippen LogP contribution in [0.25, 0.3) is 0 Å². The third-order valence-electron chi connectivity index (χ3n) is 5.12. The first-order chi connectivity index (χ1) is 8.38. The van der Waals surface area contributed by atoms with E-state index in [1.54, 1.807) is 0 Å². The fourth-order valence-corrected chi connectivity index (χ4v) is 3.50. The topological polar surface area (TPSA) is 15.3 Å². The zero-order chi connectivity index (χ0) is 13.3. The lowest BCUT2D eigenvalue weighted by Gasteiger charge is -2.51. The molecule has 0 aromatic heterocycles. The van der Waals surface area contributed by atoms with Crippen molar-refractivity contribution in [2.45, 2.75) is 77.9 Å². The third kappa shape index (κ3) is 3.27. The molecule has 2 fully saturated rings. The fraction of sp³-hybridized carbons (Fsp3) is 1.00. The number of hydrogen-bond donors (Lipinski definition) is 1. The monoisotopic (exact) mass is 252 g/mol. The van der Waals surface area contributed by atoms with E-state index in [2.05, 4.69) is 44.8 Å². The Labute approximate surface area is 114 Å². The molecule has 2 nitrogen and oxygen atoms in total. The molecule has 1 N–H and O–H groups in total. The maximum Gasteiger partial charge on any atom is 0.0139 e. The Hall–Kier alpha value is -0.0800. The molecule has 1 saturated heterocycles. The van der Waals surface area contributed by atoms with Crippen LogP contribution in [0.2, 0.25) is 0 Å². The normalized spacial score (nSPS) is 38.5. The van der Waals surface area contributed by atoms with Crippen molar-refractivity contribution in [3.05, 3.63) is 0 Å². The van der Waals surface area contributed by atoms with Crippen LogP contribution in [0.3, 0.4) is 0 Å². The van der Waals surface area contributed by atoms with Crippen LogP contribution in [0.4, 0.5) is 0 Å². The molecule has 2 heteroatoms. The quantitative estimate of drug-likeness (QED) is 0.829. The molecule has 1 heterocycles. The first-order valence-corrected chi connectivity index (χ1v) is 7.89. The summed E-state index contributed by atoms with van der Waals surface area (Å²) in [4.78, 5) is 2.81. The molecule has 2 rings (SSSR count). The molecular weight excluding hydrogens is 220 g/mol. The number of piperidine rings is 1. The number of rotatable bonds is 3. The Morgan fingerprint density at radius 1 is 1.11 bits per heavy atom. The van der Waals surface area contributed by atoms with E-state index in [9.17, 15) is 0 Å². The van der Waals surface area contributed by atoms with Gasteiger partial charge in [-0.3, -0.25) is 4.90 Å². The summed E-state index contributed by atoms with van der Waals surface area (Å²) in [6.45, 7) is 14.2. The van der Waals surface area contributed by atoms with Gasteiger partial charge < -0.3 is 5.32 Å². The van der Waals surface area contributed by atoms with E-state index in [4.69, 9.17) is 0 Å². The average Bonchev–Trinajstić information content (AvgIpc) is 2.21. The van der Waals surface area contributed by atoms with E-state index in [0.717, 1.165) is 23.9 Å². The largest absolute Gasteiger partial charge is 0.312 e. The minimum atomic E-state index is 0.265. The van der Waals surface area contributed by atoms with Crippen molar-refractivity contribution in [2.24, 2.45) is 11.8 Å². The summed E-state index contributed by atoms with van der Waals surface area (Å²) < 4.78 is 0. The van der Waals surface area contributed by atoms with Crippen LogP contribution in [0.15, 0.2) is 0 Å². The van der Waals surface area contributed by atoms with Crippen LogP contribution < -0.4 is 5.32 Å². The highest BCUT2D eigenvalue weighted by Gasteiger charge is 2.39. The van der Waals surface area contributed by atoms with Gasteiger partial charge in [-0.05, 0) is 78.3 Å². The first kappa shape index (κ1) is 14.3. The molecule has 0 radical (unpaired) electrons. The lowest BCUT2D eigenvalue weighted by molar-refractivity contribution is -0.00812. The molecule has 4 unspecified atom stereocenters. The molecule has 0 amide bonds. The second kappa shape index (κ2) is 5.50. The lowest BCUT2D eigenvalue weighted by atomic mass is 9.75. The molecule has 0 aromatic carbocycles. The van der Waals surface area contributed by atoms with Crippen LogP contribution in [0.5, 0.6) is 0 Å². The molecule has 1 aliphatic carbocycles. The van der Waals surface area contributed by atoms with E-state index in [-0.39, 0.29) is 5.54 Å². The van der Waals surface area contributed by atoms with Crippen LogP contribution in [0.1, 0.15) is 60.3 Å². The van der Waals surface area contributed by atoms with Gasteiger partial charge in [-0.1, -0.05) is 6.92 Å². The SMILES string of the molecule is CC1CCCN(C2CCC2CNC(C)(C)C)C1C. The highest BCUT2D eigenvalue weighted by molar-refractivity contribution is 4.95.